The molecule has 0 aliphatic rings. The molecule has 2 N–H and O–H groups in total. The first kappa shape index (κ1) is 18.9. The lowest BCUT2D eigenvalue weighted by Crippen LogP contribution is -2.39. The van der Waals surface area contributed by atoms with E-state index < -0.39 is 24.5 Å². The molecule has 8 heteroatoms. The molecule has 0 radical (unpaired) electrons. The molecule has 0 aliphatic carbocycles. The summed E-state index contributed by atoms with van der Waals surface area (Å²) in [5.74, 6) is -1.40. The van der Waals surface area contributed by atoms with Crippen LogP contribution in [0.1, 0.15) is 15.9 Å². The van der Waals surface area contributed by atoms with Crippen molar-refractivity contribution in [2.24, 2.45) is 0 Å². The van der Waals surface area contributed by atoms with Gasteiger partial charge in [-0.3, -0.25) is 10.1 Å². The van der Waals surface area contributed by atoms with Crippen LogP contribution in [0.5, 0.6) is 5.75 Å². The Hall–Kier alpha value is -3.42. The summed E-state index contributed by atoms with van der Waals surface area (Å²) in [5, 5.41) is 4.18. The van der Waals surface area contributed by atoms with Crippen LogP contribution in [-0.2, 0) is 16.1 Å². The molecule has 3 amide bonds. The Morgan fingerprint density at radius 2 is 1.81 bits per heavy atom. The number of amides is 3. The third-order valence-corrected chi connectivity index (χ3v) is 3.20. The second-order valence-corrected chi connectivity index (χ2v) is 5.15. The van der Waals surface area contributed by atoms with E-state index in [0.29, 0.717) is 5.75 Å². The fraction of sp³-hybridized carbons (Fsp3) is 0.167. The number of hydrogen-bond donors (Lipinski definition) is 2. The zero-order chi connectivity index (χ0) is 18.9. The number of benzene rings is 2. The van der Waals surface area contributed by atoms with E-state index in [0.717, 1.165) is 5.56 Å². The zero-order valence-electron chi connectivity index (χ0n) is 14.0. The minimum atomic E-state index is -0.749. The predicted octanol–water partition coefficient (Wildman–Crippen LogP) is 2.02. The first-order valence-electron chi connectivity index (χ1n) is 7.64. The van der Waals surface area contributed by atoms with Gasteiger partial charge in [0.25, 0.3) is 5.91 Å². The molecular formula is C18H17FN2O5. The van der Waals surface area contributed by atoms with Gasteiger partial charge in [0.1, 0.15) is 18.2 Å². The van der Waals surface area contributed by atoms with Gasteiger partial charge in [-0.25, -0.2) is 14.0 Å². The van der Waals surface area contributed by atoms with Gasteiger partial charge < -0.3 is 14.8 Å². The van der Waals surface area contributed by atoms with E-state index in [1.165, 1.54) is 31.3 Å². The second-order valence-electron chi connectivity index (χ2n) is 5.15. The number of rotatable bonds is 6. The first-order chi connectivity index (χ1) is 12.5. The highest BCUT2D eigenvalue weighted by molar-refractivity contribution is 5.97. The number of ether oxygens (including phenoxy) is 2. The van der Waals surface area contributed by atoms with Crippen LogP contribution in [0.3, 0.4) is 0 Å². The van der Waals surface area contributed by atoms with Crippen LogP contribution in [0.15, 0.2) is 48.5 Å². The summed E-state index contributed by atoms with van der Waals surface area (Å²) < 4.78 is 23.3. The molecule has 0 atom stereocenters. The molecule has 0 aliphatic heterocycles. The third kappa shape index (κ3) is 5.90. The Labute approximate surface area is 149 Å². The van der Waals surface area contributed by atoms with Crippen molar-refractivity contribution < 1.29 is 28.2 Å². The minimum Gasteiger partial charge on any atom is -0.489 e. The summed E-state index contributed by atoms with van der Waals surface area (Å²) in [6.45, 7) is -0.389. The summed E-state index contributed by atoms with van der Waals surface area (Å²) in [4.78, 5) is 34.3. The highest BCUT2D eigenvalue weighted by atomic mass is 19.1. The van der Waals surface area contributed by atoms with Crippen molar-refractivity contribution in [3.05, 3.63) is 65.5 Å². The smallest absolute Gasteiger partial charge is 0.338 e. The molecule has 0 saturated heterocycles. The van der Waals surface area contributed by atoms with Crippen molar-refractivity contribution in [1.29, 1.82) is 0 Å². The van der Waals surface area contributed by atoms with Gasteiger partial charge in [-0.1, -0.05) is 18.2 Å². The lowest BCUT2D eigenvalue weighted by molar-refractivity contribution is -0.123. The summed E-state index contributed by atoms with van der Waals surface area (Å²) in [7, 11) is 1.35. The molecule has 7 nitrogen and oxygen atoms in total. The number of carbonyl (C=O) groups is 3. The van der Waals surface area contributed by atoms with Crippen LogP contribution in [0.4, 0.5) is 9.18 Å². The molecule has 2 rings (SSSR count). The van der Waals surface area contributed by atoms with Gasteiger partial charge in [0.05, 0.1) is 5.56 Å². The van der Waals surface area contributed by atoms with Gasteiger partial charge >= 0.3 is 12.0 Å². The van der Waals surface area contributed by atoms with Crippen molar-refractivity contribution in [3.63, 3.8) is 0 Å². The van der Waals surface area contributed by atoms with E-state index in [9.17, 15) is 18.8 Å². The van der Waals surface area contributed by atoms with Crippen LogP contribution in [0.2, 0.25) is 0 Å². The van der Waals surface area contributed by atoms with Crippen molar-refractivity contribution in [2.75, 3.05) is 13.7 Å². The number of esters is 1. The van der Waals surface area contributed by atoms with E-state index in [-0.39, 0.29) is 18.0 Å². The molecule has 0 unspecified atom stereocenters. The van der Waals surface area contributed by atoms with Gasteiger partial charge in [-0.05, 0) is 35.9 Å². The molecule has 0 aromatic heterocycles. The first-order valence-corrected chi connectivity index (χ1v) is 7.64. The molecule has 0 bridgehead atoms. The number of urea groups is 1. The zero-order valence-corrected chi connectivity index (χ0v) is 14.0. The number of halogens is 1. The quantitative estimate of drug-likeness (QED) is 0.769. The maximum atomic E-state index is 12.9. The molecule has 0 heterocycles. The standard InChI is InChI=1S/C18H17FN2O5/c1-20-18(24)21-16(22)11-26-17(23)13-3-2-4-15(9-13)25-10-12-5-7-14(19)8-6-12/h2-9H,10-11H2,1H3,(H2,20,21,22,24). The second kappa shape index (κ2) is 9.16. The van der Waals surface area contributed by atoms with Crippen LogP contribution < -0.4 is 15.4 Å². The molecule has 2 aromatic rings. The van der Waals surface area contributed by atoms with Gasteiger partial charge in [0.15, 0.2) is 6.61 Å². The maximum Gasteiger partial charge on any atom is 0.338 e. The van der Waals surface area contributed by atoms with E-state index >= 15 is 0 Å². The lowest BCUT2D eigenvalue weighted by atomic mass is 10.2. The Kier molecular flexibility index (Phi) is 6.67. The number of nitrogens with one attached hydrogen (secondary N) is 2. The van der Waals surface area contributed by atoms with Gasteiger partial charge in [-0.15, -0.1) is 0 Å². The molecule has 136 valence electrons. The average molecular weight is 360 g/mol. The van der Waals surface area contributed by atoms with Crippen LogP contribution in [0.25, 0.3) is 0 Å². The maximum absolute atomic E-state index is 12.9. The average Bonchev–Trinajstić information content (AvgIpc) is 2.65. The molecular weight excluding hydrogens is 343 g/mol. The molecule has 0 fully saturated rings. The lowest BCUT2D eigenvalue weighted by Gasteiger charge is -2.09. The number of imide groups is 1. The summed E-state index contributed by atoms with van der Waals surface area (Å²) >= 11 is 0. The third-order valence-electron chi connectivity index (χ3n) is 3.20. The van der Waals surface area contributed by atoms with E-state index in [4.69, 9.17) is 9.47 Å². The Balaban J connectivity index is 1.89. The number of hydrogen-bond acceptors (Lipinski definition) is 5. The predicted molar refractivity (Wildman–Crippen MR) is 90.1 cm³/mol. The normalized spacial score (nSPS) is 9.92. The highest BCUT2D eigenvalue weighted by Gasteiger charge is 2.12. The summed E-state index contributed by atoms with van der Waals surface area (Å²) in [5.41, 5.74) is 0.958. The molecule has 2 aromatic carbocycles. The fourth-order valence-electron chi connectivity index (χ4n) is 1.90. The topological polar surface area (TPSA) is 93.7 Å². The van der Waals surface area contributed by atoms with Gasteiger partial charge in [-0.2, -0.15) is 0 Å². The van der Waals surface area contributed by atoms with E-state index in [1.54, 1.807) is 24.3 Å². The van der Waals surface area contributed by atoms with E-state index in [2.05, 4.69) is 5.32 Å². The number of carbonyl (C=O) groups excluding carboxylic acids is 3. The van der Waals surface area contributed by atoms with Gasteiger partial charge in [0.2, 0.25) is 0 Å². The van der Waals surface area contributed by atoms with Gasteiger partial charge in [0, 0.05) is 7.05 Å². The molecule has 0 spiro atoms. The summed E-state index contributed by atoms with van der Waals surface area (Å²) in [6, 6.07) is 11.4. The van der Waals surface area contributed by atoms with Crippen LogP contribution in [-0.4, -0.2) is 31.6 Å². The van der Waals surface area contributed by atoms with Crippen LogP contribution >= 0.6 is 0 Å². The summed E-state index contributed by atoms with van der Waals surface area (Å²) in [6.07, 6.45) is 0. The molecule has 26 heavy (non-hydrogen) atoms. The van der Waals surface area contributed by atoms with Crippen molar-refractivity contribution in [3.8, 4) is 5.75 Å². The van der Waals surface area contributed by atoms with Crippen molar-refractivity contribution >= 4 is 17.9 Å². The monoisotopic (exact) mass is 360 g/mol. The van der Waals surface area contributed by atoms with Crippen LogP contribution in [0, 0.1) is 5.82 Å². The van der Waals surface area contributed by atoms with E-state index in [1.807, 2.05) is 5.32 Å². The highest BCUT2D eigenvalue weighted by Crippen LogP contribution is 2.16. The van der Waals surface area contributed by atoms with Crippen molar-refractivity contribution in [2.45, 2.75) is 6.61 Å². The van der Waals surface area contributed by atoms with Crippen molar-refractivity contribution in [1.82, 2.24) is 10.6 Å². The Morgan fingerprint density at radius 1 is 1.08 bits per heavy atom. The SMILES string of the molecule is CNC(=O)NC(=O)COC(=O)c1cccc(OCc2ccc(F)cc2)c1. The molecule has 0 saturated carbocycles. The Morgan fingerprint density at radius 3 is 2.50 bits per heavy atom. The fourth-order valence-corrected chi connectivity index (χ4v) is 1.90. The Bertz CT molecular complexity index is 792. The largest absolute Gasteiger partial charge is 0.489 e. The minimum absolute atomic E-state index is 0.189.